The number of likely N-dealkylation sites (N-methyl/N-ethyl adjacent to an activating group) is 1. The minimum atomic E-state index is 0.166. The largest absolute Gasteiger partial charge is 0.348 e. The minimum absolute atomic E-state index is 0.166. The molecule has 0 atom stereocenters. The van der Waals surface area contributed by atoms with Crippen molar-refractivity contribution in [1.29, 1.82) is 0 Å². The van der Waals surface area contributed by atoms with Gasteiger partial charge in [-0.2, -0.15) is 0 Å². The maximum absolute atomic E-state index is 11.4. The molecule has 1 amide bonds. The van der Waals surface area contributed by atoms with Crippen molar-refractivity contribution in [2.45, 2.75) is 39.0 Å². The van der Waals surface area contributed by atoms with Gasteiger partial charge in [0.2, 0.25) is 5.91 Å². The molecule has 1 aliphatic carbocycles. The normalized spacial score (nSPS) is 19.1. The molecule has 0 aliphatic heterocycles. The van der Waals surface area contributed by atoms with Crippen LogP contribution in [0.15, 0.2) is 0 Å². The molecule has 0 spiro atoms. The van der Waals surface area contributed by atoms with Crippen LogP contribution in [0.4, 0.5) is 0 Å². The molecule has 0 aromatic heterocycles. The fourth-order valence-corrected chi connectivity index (χ4v) is 2.37. The third-order valence-electron chi connectivity index (χ3n) is 3.69. The van der Waals surface area contributed by atoms with E-state index >= 15 is 0 Å². The minimum Gasteiger partial charge on any atom is -0.348 e. The number of nitrogens with one attached hydrogen (secondary N) is 1. The summed E-state index contributed by atoms with van der Waals surface area (Å²) in [5.74, 6) is 0.166. The van der Waals surface area contributed by atoms with E-state index in [9.17, 15) is 4.79 Å². The summed E-state index contributed by atoms with van der Waals surface area (Å²) in [7, 11) is 3.60. The first-order valence-electron chi connectivity index (χ1n) is 6.00. The molecule has 0 bridgehead atoms. The summed E-state index contributed by atoms with van der Waals surface area (Å²) in [6.45, 7) is 3.75. The highest BCUT2D eigenvalue weighted by molar-refractivity contribution is 5.77. The lowest BCUT2D eigenvalue weighted by Gasteiger charge is -2.27. The van der Waals surface area contributed by atoms with E-state index in [0.29, 0.717) is 12.0 Å². The highest BCUT2D eigenvalue weighted by Crippen LogP contribution is 2.40. The van der Waals surface area contributed by atoms with Gasteiger partial charge in [0.25, 0.3) is 0 Å². The van der Waals surface area contributed by atoms with Gasteiger partial charge in [0.05, 0.1) is 6.54 Å². The molecule has 0 unspecified atom stereocenters. The van der Waals surface area contributed by atoms with Gasteiger partial charge in [-0.15, -0.1) is 0 Å². The van der Waals surface area contributed by atoms with Crippen LogP contribution in [0.2, 0.25) is 0 Å². The van der Waals surface area contributed by atoms with Gasteiger partial charge in [-0.3, -0.25) is 4.79 Å². The topological polar surface area (TPSA) is 32.3 Å². The van der Waals surface area contributed by atoms with Crippen LogP contribution in [-0.2, 0) is 4.79 Å². The van der Waals surface area contributed by atoms with Crippen molar-refractivity contribution in [3.05, 3.63) is 0 Å². The Morgan fingerprint density at radius 1 is 1.33 bits per heavy atom. The molecule has 0 aromatic rings. The number of hydrogen-bond acceptors (Lipinski definition) is 2. The van der Waals surface area contributed by atoms with E-state index in [4.69, 9.17) is 0 Å². The Kier molecular flexibility index (Phi) is 4.58. The molecule has 1 N–H and O–H groups in total. The van der Waals surface area contributed by atoms with E-state index in [1.165, 1.54) is 32.1 Å². The van der Waals surface area contributed by atoms with Crippen LogP contribution in [-0.4, -0.2) is 38.0 Å². The molecule has 1 aliphatic rings. The van der Waals surface area contributed by atoms with Crippen LogP contribution >= 0.6 is 0 Å². The van der Waals surface area contributed by atoms with Crippen LogP contribution < -0.4 is 5.32 Å². The lowest BCUT2D eigenvalue weighted by Crippen LogP contribution is -2.38. The summed E-state index contributed by atoms with van der Waals surface area (Å²) in [5.41, 5.74) is 0.479. The number of carbonyl (C=O) groups excluding carboxylic acids is 1. The van der Waals surface area contributed by atoms with Gasteiger partial charge in [-0.25, -0.2) is 0 Å². The van der Waals surface area contributed by atoms with Gasteiger partial charge in [0.15, 0.2) is 0 Å². The predicted octanol–water partition coefficient (Wildman–Crippen LogP) is 1.63. The number of amides is 1. The Balaban J connectivity index is 2.26. The number of carbonyl (C=O) groups is 1. The highest BCUT2D eigenvalue weighted by Gasteiger charge is 2.31. The molecule has 1 saturated carbocycles. The third kappa shape index (κ3) is 3.49. The first-order valence-corrected chi connectivity index (χ1v) is 6.00. The van der Waals surface area contributed by atoms with E-state index < -0.39 is 0 Å². The summed E-state index contributed by atoms with van der Waals surface area (Å²) >= 11 is 0. The molecule has 15 heavy (non-hydrogen) atoms. The molecular formula is C12H24N2O. The summed E-state index contributed by atoms with van der Waals surface area (Å²) in [6, 6.07) is 0. The Morgan fingerprint density at radius 3 is 2.40 bits per heavy atom. The zero-order chi connectivity index (χ0) is 11.3. The Morgan fingerprint density at radius 2 is 1.93 bits per heavy atom. The standard InChI is InChI=1S/C12H24N2O/c1-4-12(7-5-6-8-12)10-13-9-11(15)14(2)3/h13H,4-10H2,1-3H3. The van der Waals surface area contributed by atoms with Crippen LogP contribution in [0, 0.1) is 5.41 Å². The molecule has 0 heterocycles. The summed E-state index contributed by atoms with van der Waals surface area (Å²) in [6.07, 6.45) is 6.60. The van der Waals surface area contributed by atoms with Crippen LogP contribution in [0.1, 0.15) is 39.0 Å². The van der Waals surface area contributed by atoms with Crippen molar-refractivity contribution in [2.24, 2.45) is 5.41 Å². The first-order chi connectivity index (χ1) is 7.09. The molecule has 0 aromatic carbocycles. The fourth-order valence-electron chi connectivity index (χ4n) is 2.37. The molecule has 1 rings (SSSR count). The number of rotatable bonds is 5. The lowest BCUT2D eigenvalue weighted by atomic mass is 9.83. The van der Waals surface area contributed by atoms with E-state index in [1.54, 1.807) is 19.0 Å². The molecule has 88 valence electrons. The van der Waals surface area contributed by atoms with Crippen LogP contribution in [0.5, 0.6) is 0 Å². The second-order valence-electron chi connectivity index (χ2n) is 4.95. The number of nitrogens with zero attached hydrogens (tertiary/aromatic N) is 1. The quantitative estimate of drug-likeness (QED) is 0.751. The van der Waals surface area contributed by atoms with Crippen LogP contribution in [0.25, 0.3) is 0 Å². The zero-order valence-corrected chi connectivity index (χ0v) is 10.3. The van der Waals surface area contributed by atoms with Gasteiger partial charge in [-0.1, -0.05) is 19.8 Å². The Bertz CT molecular complexity index is 208. The highest BCUT2D eigenvalue weighted by atomic mass is 16.2. The maximum atomic E-state index is 11.4. The van der Waals surface area contributed by atoms with Crippen molar-refractivity contribution >= 4 is 5.91 Å². The summed E-state index contributed by atoms with van der Waals surface area (Å²) < 4.78 is 0. The smallest absolute Gasteiger partial charge is 0.236 e. The van der Waals surface area contributed by atoms with Crippen LogP contribution in [0.3, 0.4) is 0 Å². The fraction of sp³-hybridized carbons (Fsp3) is 0.917. The van der Waals surface area contributed by atoms with Crippen molar-refractivity contribution in [1.82, 2.24) is 10.2 Å². The van der Waals surface area contributed by atoms with Gasteiger partial charge in [0, 0.05) is 20.6 Å². The second-order valence-corrected chi connectivity index (χ2v) is 4.95. The third-order valence-corrected chi connectivity index (χ3v) is 3.69. The molecule has 3 heteroatoms. The maximum Gasteiger partial charge on any atom is 0.236 e. The first kappa shape index (κ1) is 12.5. The number of hydrogen-bond donors (Lipinski definition) is 1. The van der Waals surface area contributed by atoms with Gasteiger partial charge >= 0.3 is 0 Å². The van der Waals surface area contributed by atoms with Gasteiger partial charge in [-0.05, 0) is 24.7 Å². The van der Waals surface area contributed by atoms with Crippen molar-refractivity contribution in [2.75, 3.05) is 27.2 Å². The SMILES string of the molecule is CCC1(CNCC(=O)N(C)C)CCCC1. The molecular weight excluding hydrogens is 188 g/mol. The monoisotopic (exact) mass is 212 g/mol. The molecule has 1 fully saturated rings. The molecule has 3 nitrogen and oxygen atoms in total. The van der Waals surface area contributed by atoms with Crippen molar-refractivity contribution in [3.8, 4) is 0 Å². The summed E-state index contributed by atoms with van der Waals surface area (Å²) in [4.78, 5) is 13.0. The van der Waals surface area contributed by atoms with E-state index in [2.05, 4.69) is 12.2 Å². The second kappa shape index (κ2) is 5.50. The van der Waals surface area contributed by atoms with Gasteiger partial charge in [0.1, 0.15) is 0 Å². The zero-order valence-electron chi connectivity index (χ0n) is 10.3. The van der Waals surface area contributed by atoms with E-state index in [1.807, 2.05) is 0 Å². The lowest BCUT2D eigenvalue weighted by molar-refractivity contribution is -0.127. The molecule has 0 saturated heterocycles. The Labute approximate surface area is 93.2 Å². The van der Waals surface area contributed by atoms with E-state index in [-0.39, 0.29) is 5.91 Å². The average Bonchev–Trinajstić information content (AvgIpc) is 2.67. The van der Waals surface area contributed by atoms with Crippen molar-refractivity contribution < 1.29 is 4.79 Å². The predicted molar refractivity (Wildman–Crippen MR) is 62.8 cm³/mol. The summed E-state index contributed by atoms with van der Waals surface area (Å²) in [5, 5.41) is 3.31. The van der Waals surface area contributed by atoms with Gasteiger partial charge < -0.3 is 10.2 Å². The van der Waals surface area contributed by atoms with E-state index in [0.717, 1.165) is 6.54 Å². The Hall–Kier alpha value is -0.570. The molecule has 0 radical (unpaired) electrons. The average molecular weight is 212 g/mol. The van der Waals surface area contributed by atoms with Crippen molar-refractivity contribution in [3.63, 3.8) is 0 Å².